The van der Waals surface area contributed by atoms with Crippen LogP contribution < -0.4 is 0 Å². The molecule has 1 fully saturated rings. The topological polar surface area (TPSA) is 156 Å². The fraction of sp³-hybridized carbons (Fsp3) is 0.103. The van der Waals surface area contributed by atoms with Crippen LogP contribution in [0.5, 0.6) is 0 Å². The predicted molar refractivity (Wildman–Crippen MR) is 156 cm³/mol. The molecule has 0 radical (unpaired) electrons. The predicted octanol–water partition coefficient (Wildman–Crippen LogP) is 6.77. The Hall–Kier alpha value is -3.16. The number of phosphoric acid groups is 2. The molecule has 202 valence electrons. The Labute approximate surface area is 224 Å². The molecule has 8 nitrogen and oxygen atoms in total. The molecule has 0 spiro atoms. The highest BCUT2D eigenvalue weighted by molar-refractivity contribution is 7.45. The molecule has 10 heteroatoms. The van der Waals surface area contributed by atoms with Gasteiger partial charge in [-0.1, -0.05) is 79.9 Å². The normalized spacial score (nSPS) is 12.8. The van der Waals surface area contributed by atoms with E-state index >= 15 is 0 Å². The molecular weight excluding hydrogens is 538 g/mol. The summed E-state index contributed by atoms with van der Waals surface area (Å²) in [5.41, 5.74) is 0. The first-order valence-corrected chi connectivity index (χ1v) is 15.2. The third-order valence-electron chi connectivity index (χ3n) is 5.88. The molecule has 7 rings (SSSR count). The highest BCUT2D eigenvalue weighted by Gasteiger charge is 2.06. The minimum atomic E-state index is -4.64. The molecule has 6 aromatic rings. The standard InChI is InChI=1S/C26H16.C3H6.2H3O4P/c1-2-7-19-13-24-16-26-22(14-23(24)12-18(19)6-1)10-9-21-11-17-5-3-4-8-20(17)15-25(21)26;1-2-3-1;2*1-5(2,3)4/h1-16H;1-3H2;2*(H3,1,2,3,4). The minimum absolute atomic E-state index is 1.30. The molecule has 0 aromatic heterocycles. The maximum Gasteiger partial charge on any atom is 0.466 e. The van der Waals surface area contributed by atoms with Gasteiger partial charge in [0.05, 0.1) is 0 Å². The molecule has 6 N–H and O–H groups in total. The van der Waals surface area contributed by atoms with Crippen LogP contribution in [0.25, 0.3) is 53.9 Å². The third-order valence-corrected chi connectivity index (χ3v) is 5.88. The van der Waals surface area contributed by atoms with E-state index in [9.17, 15) is 0 Å². The van der Waals surface area contributed by atoms with Crippen molar-refractivity contribution < 1.29 is 38.5 Å². The molecule has 0 saturated heterocycles. The molecular formula is C29H28O8P2. The van der Waals surface area contributed by atoms with Gasteiger partial charge >= 0.3 is 15.6 Å². The van der Waals surface area contributed by atoms with E-state index in [1.54, 1.807) is 0 Å². The first-order chi connectivity index (χ1) is 18.3. The Morgan fingerprint density at radius 3 is 1.00 bits per heavy atom. The molecule has 0 unspecified atom stereocenters. The smallest absolute Gasteiger partial charge is 0.303 e. The Morgan fingerprint density at radius 1 is 0.385 bits per heavy atom. The van der Waals surface area contributed by atoms with Crippen molar-refractivity contribution in [1.82, 2.24) is 0 Å². The Bertz CT molecular complexity index is 1820. The molecule has 0 aliphatic heterocycles. The minimum Gasteiger partial charge on any atom is -0.303 e. The van der Waals surface area contributed by atoms with E-state index in [-0.39, 0.29) is 0 Å². The summed E-state index contributed by atoms with van der Waals surface area (Å²) in [5.74, 6) is 0. The molecule has 0 bridgehead atoms. The Balaban J connectivity index is 0.000000227. The summed E-state index contributed by atoms with van der Waals surface area (Å²) in [6.07, 6.45) is 4.50. The second kappa shape index (κ2) is 11.9. The van der Waals surface area contributed by atoms with Crippen molar-refractivity contribution in [2.24, 2.45) is 0 Å². The van der Waals surface area contributed by atoms with E-state index in [1.807, 2.05) is 0 Å². The second-order valence-corrected chi connectivity index (χ2v) is 11.2. The molecule has 39 heavy (non-hydrogen) atoms. The fourth-order valence-corrected chi connectivity index (χ4v) is 4.19. The van der Waals surface area contributed by atoms with Crippen molar-refractivity contribution in [1.29, 1.82) is 0 Å². The number of hydrogen-bond acceptors (Lipinski definition) is 2. The molecule has 1 saturated carbocycles. The van der Waals surface area contributed by atoms with E-state index in [4.69, 9.17) is 38.5 Å². The van der Waals surface area contributed by atoms with Crippen LogP contribution in [0.1, 0.15) is 19.3 Å². The van der Waals surface area contributed by atoms with Gasteiger partial charge in [0, 0.05) is 0 Å². The number of rotatable bonds is 0. The van der Waals surface area contributed by atoms with Crippen LogP contribution in [0.4, 0.5) is 0 Å². The SMILES string of the molecule is C1CC1.O=P(O)(O)O.O=P(O)(O)O.c1ccc2cc3cc4c(ccc5cc6ccccc6cc54)cc3cc2c1. The molecule has 1 aliphatic carbocycles. The van der Waals surface area contributed by atoms with Crippen molar-refractivity contribution >= 4 is 69.5 Å². The Kier molecular flexibility index (Phi) is 8.82. The molecule has 0 heterocycles. The number of fused-ring (bicyclic) bond motifs is 6. The van der Waals surface area contributed by atoms with Crippen LogP contribution >= 0.6 is 15.6 Å². The zero-order chi connectivity index (χ0) is 28.2. The fourth-order valence-electron chi connectivity index (χ4n) is 4.19. The van der Waals surface area contributed by atoms with Crippen LogP contribution in [0.2, 0.25) is 0 Å². The largest absolute Gasteiger partial charge is 0.466 e. The van der Waals surface area contributed by atoms with Crippen molar-refractivity contribution in [3.05, 3.63) is 97.1 Å². The van der Waals surface area contributed by atoms with Crippen molar-refractivity contribution in [2.75, 3.05) is 0 Å². The van der Waals surface area contributed by atoms with Crippen molar-refractivity contribution in [2.45, 2.75) is 19.3 Å². The van der Waals surface area contributed by atoms with Crippen LogP contribution in [0, 0.1) is 0 Å². The Morgan fingerprint density at radius 2 is 0.641 bits per heavy atom. The van der Waals surface area contributed by atoms with E-state index in [0.29, 0.717) is 0 Å². The number of benzene rings is 6. The summed E-state index contributed by atoms with van der Waals surface area (Å²) in [7, 11) is -9.28. The van der Waals surface area contributed by atoms with Gasteiger partial charge in [-0.25, -0.2) is 9.13 Å². The summed E-state index contributed by atoms with van der Waals surface area (Å²) >= 11 is 0. The van der Waals surface area contributed by atoms with Gasteiger partial charge in [-0.05, 0) is 90.3 Å². The van der Waals surface area contributed by atoms with Crippen molar-refractivity contribution in [3.8, 4) is 0 Å². The molecule has 0 amide bonds. The van der Waals surface area contributed by atoms with Gasteiger partial charge in [-0.2, -0.15) is 0 Å². The molecule has 6 aromatic carbocycles. The lowest BCUT2D eigenvalue weighted by Gasteiger charge is -2.09. The van der Waals surface area contributed by atoms with Crippen LogP contribution in [0.15, 0.2) is 97.1 Å². The third kappa shape index (κ3) is 8.94. The molecule has 1 aliphatic rings. The van der Waals surface area contributed by atoms with Crippen molar-refractivity contribution in [3.63, 3.8) is 0 Å². The van der Waals surface area contributed by atoms with E-state index in [0.717, 1.165) is 0 Å². The van der Waals surface area contributed by atoms with Gasteiger partial charge < -0.3 is 29.4 Å². The first-order valence-electron chi connectivity index (χ1n) is 12.1. The maximum absolute atomic E-state index is 8.88. The van der Waals surface area contributed by atoms with Crippen LogP contribution in [-0.4, -0.2) is 29.4 Å². The van der Waals surface area contributed by atoms with Gasteiger partial charge in [0.1, 0.15) is 0 Å². The second-order valence-electron chi connectivity index (χ2n) is 9.19. The summed E-state index contributed by atoms with van der Waals surface area (Å²) in [6.45, 7) is 0. The summed E-state index contributed by atoms with van der Waals surface area (Å²) in [4.78, 5) is 43.1. The summed E-state index contributed by atoms with van der Waals surface area (Å²) in [6, 6.07) is 35.6. The van der Waals surface area contributed by atoms with E-state index in [1.165, 1.54) is 73.1 Å². The van der Waals surface area contributed by atoms with Gasteiger partial charge in [0.25, 0.3) is 0 Å². The average molecular weight is 566 g/mol. The highest BCUT2D eigenvalue weighted by Crippen LogP contribution is 2.33. The van der Waals surface area contributed by atoms with E-state index < -0.39 is 15.6 Å². The lowest BCUT2D eigenvalue weighted by molar-refractivity contribution is 0.272. The van der Waals surface area contributed by atoms with Gasteiger partial charge in [-0.15, -0.1) is 0 Å². The zero-order valence-corrected chi connectivity index (χ0v) is 22.5. The summed E-state index contributed by atoms with van der Waals surface area (Å²) in [5, 5.41) is 13.1. The lowest BCUT2D eigenvalue weighted by atomic mass is 9.95. The monoisotopic (exact) mass is 566 g/mol. The summed E-state index contributed by atoms with van der Waals surface area (Å²) < 4.78 is 17.8. The highest BCUT2D eigenvalue weighted by atomic mass is 31.2. The van der Waals surface area contributed by atoms with Gasteiger partial charge in [-0.3, -0.25) is 0 Å². The van der Waals surface area contributed by atoms with Crippen LogP contribution in [0.3, 0.4) is 0 Å². The van der Waals surface area contributed by atoms with Crippen LogP contribution in [-0.2, 0) is 9.13 Å². The number of hydrogen-bond donors (Lipinski definition) is 6. The zero-order valence-electron chi connectivity index (χ0n) is 20.8. The van der Waals surface area contributed by atoms with E-state index in [2.05, 4.69) is 97.1 Å². The molecule has 0 atom stereocenters. The lowest BCUT2D eigenvalue weighted by Crippen LogP contribution is -1.82. The van der Waals surface area contributed by atoms with Gasteiger partial charge in [0.15, 0.2) is 0 Å². The maximum atomic E-state index is 8.88. The first kappa shape index (κ1) is 28.8. The average Bonchev–Trinajstić information content (AvgIpc) is 3.73. The quantitative estimate of drug-likeness (QED) is 0.0669. The van der Waals surface area contributed by atoms with Gasteiger partial charge in [0.2, 0.25) is 0 Å².